The van der Waals surface area contributed by atoms with Gasteiger partial charge in [-0.05, 0) is 51.0 Å². The molecule has 1 aromatic carbocycles. The number of guanidine groups is 1. The number of benzene rings is 1. The van der Waals surface area contributed by atoms with Crippen LogP contribution in [0.4, 0.5) is 0 Å². The van der Waals surface area contributed by atoms with Gasteiger partial charge in [0.05, 0.1) is 11.8 Å². The fourth-order valence-corrected chi connectivity index (χ4v) is 3.20. The summed E-state index contributed by atoms with van der Waals surface area (Å²) in [4.78, 5) is 9.05. The van der Waals surface area contributed by atoms with E-state index in [1.54, 1.807) is 7.05 Å². The van der Waals surface area contributed by atoms with E-state index in [1.165, 1.54) is 11.1 Å². The van der Waals surface area contributed by atoms with E-state index in [-0.39, 0.29) is 6.10 Å². The van der Waals surface area contributed by atoms with E-state index >= 15 is 0 Å². The molecular formula is C23H31N5O. The van der Waals surface area contributed by atoms with Gasteiger partial charge in [-0.25, -0.2) is 4.98 Å². The number of hydrogen-bond acceptors (Lipinski definition) is 3. The molecular weight excluding hydrogens is 362 g/mol. The van der Waals surface area contributed by atoms with Crippen LogP contribution in [0.1, 0.15) is 36.2 Å². The zero-order valence-electron chi connectivity index (χ0n) is 18.0. The number of hydrogen-bond donors (Lipinski definition) is 2. The summed E-state index contributed by atoms with van der Waals surface area (Å²) in [6, 6.07) is 10.4. The summed E-state index contributed by atoms with van der Waals surface area (Å²) in [6.07, 6.45) is 5.09. The molecule has 6 nitrogen and oxygen atoms in total. The third kappa shape index (κ3) is 5.50. The molecule has 0 amide bonds. The molecule has 0 spiro atoms. The van der Waals surface area contributed by atoms with Crippen LogP contribution in [0, 0.1) is 13.8 Å². The van der Waals surface area contributed by atoms with Gasteiger partial charge in [-0.2, -0.15) is 0 Å². The number of pyridine rings is 1. The minimum atomic E-state index is 0.141. The van der Waals surface area contributed by atoms with Crippen molar-refractivity contribution in [2.45, 2.75) is 46.8 Å². The number of aryl methyl sites for hydroxylation is 2. The summed E-state index contributed by atoms with van der Waals surface area (Å²) in [5.74, 6) is 1.68. The second kappa shape index (κ2) is 9.45. The molecule has 0 aliphatic carbocycles. The monoisotopic (exact) mass is 393 g/mol. The molecule has 6 heteroatoms. The minimum absolute atomic E-state index is 0.141. The molecule has 2 heterocycles. The van der Waals surface area contributed by atoms with E-state index in [4.69, 9.17) is 9.72 Å². The molecule has 29 heavy (non-hydrogen) atoms. The maximum absolute atomic E-state index is 5.96. The molecule has 154 valence electrons. The number of rotatable bonds is 7. The lowest BCUT2D eigenvalue weighted by Gasteiger charge is -2.17. The molecule has 0 atom stereocenters. The highest BCUT2D eigenvalue weighted by molar-refractivity contribution is 5.79. The van der Waals surface area contributed by atoms with E-state index in [9.17, 15) is 0 Å². The summed E-state index contributed by atoms with van der Waals surface area (Å²) in [7, 11) is 1.78. The van der Waals surface area contributed by atoms with Crippen LogP contribution >= 0.6 is 0 Å². The smallest absolute Gasteiger partial charge is 0.191 e. The van der Waals surface area contributed by atoms with Crippen LogP contribution in [0.3, 0.4) is 0 Å². The molecule has 2 N–H and O–H groups in total. The fraction of sp³-hybridized carbons (Fsp3) is 0.391. The van der Waals surface area contributed by atoms with Crippen molar-refractivity contribution in [3.8, 4) is 5.75 Å². The molecule has 0 saturated carbocycles. The number of aliphatic imine (C=N–C) groups is 1. The van der Waals surface area contributed by atoms with Gasteiger partial charge in [0.15, 0.2) is 5.96 Å². The summed E-state index contributed by atoms with van der Waals surface area (Å²) in [5.41, 5.74) is 5.56. The molecule has 0 aliphatic rings. The molecule has 0 radical (unpaired) electrons. The van der Waals surface area contributed by atoms with E-state index in [2.05, 4.69) is 64.3 Å². The summed E-state index contributed by atoms with van der Waals surface area (Å²) >= 11 is 0. The van der Waals surface area contributed by atoms with E-state index < -0.39 is 0 Å². The lowest BCUT2D eigenvalue weighted by molar-refractivity contribution is 0.239. The molecule has 0 fully saturated rings. The third-order valence-electron chi connectivity index (χ3n) is 4.66. The van der Waals surface area contributed by atoms with Crippen molar-refractivity contribution in [2.24, 2.45) is 4.99 Å². The average molecular weight is 394 g/mol. The zero-order valence-corrected chi connectivity index (χ0v) is 18.0. The second-order valence-corrected chi connectivity index (χ2v) is 7.53. The lowest BCUT2D eigenvalue weighted by Crippen LogP contribution is -2.38. The van der Waals surface area contributed by atoms with Crippen LogP contribution in [0.2, 0.25) is 0 Å². The molecule has 2 aromatic heterocycles. The van der Waals surface area contributed by atoms with Crippen molar-refractivity contribution < 1.29 is 4.74 Å². The first kappa shape index (κ1) is 20.7. The highest BCUT2D eigenvalue weighted by Gasteiger charge is 2.08. The van der Waals surface area contributed by atoms with Crippen molar-refractivity contribution in [3.05, 3.63) is 65.1 Å². The van der Waals surface area contributed by atoms with Gasteiger partial charge in [0.2, 0.25) is 0 Å². The van der Waals surface area contributed by atoms with Gasteiger partial charge >= 0.3 is 0 Å². The van der Waals surface area contributed by atoms with Gasteiger partial charge in [0.25, 0.3) is 0 Å². The quantitative estimate of drug-likeness (QED) is 0.475. The molecule has 3 rings (SSSR count). The fourth-order valence-electron chi connectivity index (χ4n) is 3.20. The van der Waals surface area contributed by atoms with Crippen molar-refractivity contribution >= 4 is 11.6 Å². The Hall–Kier alpha value is -3.02. The second-order valence-electron chi connectivity index (χ2n) is 7.53. The Kier molecular flexibility index (Phi) is 6.75. The van der Waals surface area contributed by atoms with Crippen LogP contribution in [-0.2, 0) is 13.0 Å². The largest absolute Gasteiger partial charge is 0.491 e. The standard InChI is InChI=1S/C23H31N5O/c1-16(2)29-21-13-17(3)8-9-19(21)14-26-23(24-5)25-11-10-20-15-28-12-6-7-18(4)22(28)27-20/h6-9,12-13,15-16H,10-11,14H2,1-5H3,(H2,24,25,26). The maximum atomic E-state index is 5.96. The molecule has 0 aliphatic heterocycles. The van der Waals surface area contributed by atoms with Gasteiger partial charge in [0, 0.05) is 44.5 Å². The lowest BCUT2D eigenvalue weighted by atomic mass is 10.1. The number of nitrogens with one attached hydrogen (secondary N) is 2. The Morgan fingerprint density at radius 1 is 1.21 bits per heavy atom. The van der Waals surface area contributed by atoms with Gasteiger partial charge in [-0.15, -0.1) is 0 Å². The van der Waals surface area contributed by atoms with Crippen molar-refractivity contribution in [3.63, 3.8) is 0 Å². The first-order valence-electron chi connectivity index (χ1n) is 10.1. The normalized spacial score (nSPS) is 11.9. The van der Waals surface area contributed by atoms with Gasteiger partial charge in [0.1, 0.15) is 11.4 Å². The van der Waals surface area contributed by atoms with Crippen molar-refractivity contribution in [1.29, 1.82) is 0 Å². The predicted molar refractivity (Wildman–Crippen MR) is 119 cm³/mol. The average Bonchev–Trinajstić information content (AvgIpc) is 3.09. The number of nitrogens with zero attached hydrogens (tertiary/aromatic N) is 3. The Morgan fingerprint density at radius 2 is 2.03 bits per heavy atom. The van der Waals surface area contributed by atoms with Crippen molar-refractivity contribution in [1.82, 2.24) is 20.0 Å². The van der Waals surface area contributed by atoms with Crippen LogP contribution in [0.5, 0.6) is 5.75 Å². The Labute approximate surface area is 173 Å². The highest BCUT2D eigenvalue weighted by atomic mass is 16.5. The maximum Gasteiger partial charge on any atom is 0.191 e. The Bertz CT molecular complexity index is 990. The Balaban J connectivity index is 1.55. The summed E-state index contributed by atoms with van der Waals surface area (Å²) in [6.45, 7) is 9.65. The number of aromatic nitrogens is 2. The van der Waals surface area contributed by atoms with Crippen LogP contribution in [-0.4, -0.2) is 35.0 Å². The predicted octanol–water partition coefficient (Wildman–Crippen LogP) is 3.65. The number of imidazole rings is 1. The summed E-state index contributed by atoms with van der Waals surface area (Å²) < 4.78 is 8.03. The van der Waals surface area contributed by atoms with E-state index in [1.807, 2.05) is 26.1 Å². The molecule has 0 unspecified atom stereocenters. The first-order chi connectivity index (χ1) is 14.0. The highest BCUT2D eigenvalue weighted by Crippen LogP contribution is 2.21. The zero-order chi connectivity index (χ0) is 20.8. The van der Waals surface area contributed by atoms with Gasteiger partial charge in [-0.3, -0.25) is 4.99 Å². The summed E-state index contributed by atoms with van der Waals surface area (Å²) in [5, 5.41) is 6.74. The van der Waals surface area contributed by atoms with E-state index in [0.29, 0.717) is 6.54 Å². The first-order valence-corrected chi connectivity index (χ1v) is 10.1. The minimum Gasteiger partial charge on any atom is -0.491 e. The van der Waals surface area contributed by atoms with Crippen LogP contribution in [0.25, 0.3) is 5.65 Å². The van der Waals surface area contributed by atoms with Crippen LogP contribution in [0.15, 0.2) is 47.7 Å². The van der Waals surface area contributed by atoms with E-state index in [0.717, 1.165) is 41.6 Å². The topological polar surface area (TPSA) is 63.0 Å². The molecule has 3 aromatic rings. The van der Waals surface area contributed by atoms with Crippen molar-refractivity contribution in [2.75, 3.05) is 13.6 Å². The van der Waals surface area contributed by atoms with Gasteiger partial charge in [-0.1, -0.05) is 18.2 Å². The SMILES string of the molecule is CN=C(NCCc1cn2cccc(C)c2n1)NCc1ccc(C)cc1OC(C)C. The molecule has 0 saturated heterocycles. The third-order valence-corrected chi connectivity index (χ3v) is 4.66. The van der Waals surface area contributed by atoms with Crippen LogP contribution < -0.4 is 15.4 Å². The van der Waals surface area contributed by atoms with Gasteiger partial charge < -0.3 is 19.8 Å². The molecule has 0 bridgehead atoms. The number of ether oxygens (including phenoxy) is 1. The Morgan fingerprint density at radius 3 is 2.76 bits per heavy atom. The number of fused-ring (bicyclic) bond motifs is 1.